The van der Waals surface area contributed by atoms with Crippen molar-refractivity contribution < 1.29 is 4.74 Å². The van der Waals surface area contributed by atoms with Crippen molar-refractivity contribution in [2.45, 2.75) is 51.2 Å². The largest absolute Gasteiger partial charge is 0.383 e. The maximum absolute atomic E-state index is 6.00. The minimum atomic E-state index is 0.364. The van der Waals surface area contributed by atoms with Crippen LogP contribution in [0, 0.1) is 0 Å². The lowest BCUT2D eigenvalue weighted by Gasteiger charge is -2.45. The van der Waals surface area contributed by atoms with Crippen LogP contribution in [0.4, 0.5) is 11.6 Å². The van der Waals surface area contributed by atoms with Crippen molar-refractivity contribution in [1.82, 2.24) is 9.97 Å². The average Bonchev–Trinajstić information content (AvgIpc) is 2.46. The van der Waals surface area contributed by atoms with Gasteiger partial charge < -0.3 is 15.4 Å². The molecule has 2 N–H and O–H groups in total. The summed E-state index contributed by atoms with van der Waals surface area (Å²) in [7, 11) is 0. The van der Waals surface area contributed by atoms with Gasteiger partial charge in [-0.05, 0) is 19.3 Å². The third-order valence-electron chi connectivity index (χ3n) is 4.31. The monoisotopic (exact) mass is 262 g/mol. The van der Waals surface area contributed by atoms with Crippen LogP contribution in [0.2, 0.25) is 0 Å². The van der Waals surface area contributed by atoms with Gasteiger partial charge >= 0.3 is 0 Å². The molecule has 19 heavy (non-hydrogen) atoms. The van der Waals surface area contributed by atoms with Gasteiger partial charge in [0.1, 0.15) is 18.0 Å². The average molecular weight is 262 g/mol. The number of nitrogens with zero attached hydrogens (tertiary/aromatic N) is 3. The van der Waals surface area contributed by atoms with Gasteiger partial charge in [-0.2, -0.15) is 0 Å². The molecule has 0 aromatic carbocycles. The Morgan fingerprint density at radius 1 is 1.37 bits per heavy atom. The fourth-order valence-corrected chi connectivity index (χ4v) is 3.36. The predicted octanol–water partition coefficient (Wildman–Crippen LogP) is 1.77. The Labute approximate surface area is 114 Å². The number of nitrogens with two attached hydrogens (primary N) is 1. The first-order valence-corrected chi connectivity index (χ1v) is 7.29. The number of hydrogen-bond donors (Lipinski definition) is 1. The second kappa shape index (κ2) is 5.33. The summed E-state index contributed by atoms with van der Waals surface area (Å²) in [5, 5.41) is 0. The number of aromatic nitrogens is 2. The molecule has 0 spiro atoms. The first-order chi connectivity index (χ1) is 9.31. The fourth-order valence-electron chi connectivity index (χ4n) is 3.36. The molecule has 1 saturated carbocycles. The molecule has 2 fully saturated rings. The SMILES string of the molecule is CCc1c(N)ncnc1N1CCOC2CCCCC21. The molecule has 2 aliphatic rings. The van der Waals surface area contributed by atoms with Crippen molar-refractivity contribution in [3.05, 3.63) is 11.9 Å². The lowest BCUT2D eigenvalue weighted by atomic mass is 9.90. The van der Waals surface area contributed by atoms with Crippen LogP contribution in [0.25, 0.3) is 0 Å². The first-order valence-electron chi connectivity index (χ1n) is 7.29. The smallest absolute Gasteiger partial charge is 0.137 e. The molecule has 3 rings (SSSR count). The molecule has 2 atom stereocenters. The molecule has 1 aliphatic carbocycles. The second-order valence-electron chi connectivity index (χ2n) is 5.37. The molecule has 5 heteroatoms. The maximum Gasteiger partial charge on any atom is 0.137 e. The molecule has 0 amide bonds. The van der Waals surface area contributed by atoms with E-state index < -0.39 is 0 Å². The normalized spacial score (nSPS) is 27.1. The van der Waals surface area contributed by atoms with Crippen LogP contribution in [0.1, 0.15) is 38.2 Å². The summed E-state index contributed by atoms with van der Waals surface area (Å²) >= 11 is 0. The van der Waals surface area contributed by atoms with E-state index in [1.807, 2.05) is 0 Å². The van der Waals surface area contributed by atoms with Gasteiger partial charge in [0.25, 0.3) is 0 Å². The van der Waals surface area contributed by atoms with Crippen LogP contribution in [0.15, 0.2) is 6.33 Å². The quantitative estimate of drug-likeness (QED) is 0.880. The molecule has 0 radical (unpaired) electrons. The maximum atomic E-state index is 6.00. The third kappa shape index (κ3) is 2.27. The number of fused-ring (bicyclic) bond motifs is 1. The zero-order valence-electron chi connectivity index (χ0n) is 11.5. The molecule has 104 valence electrons. The van der Waals surface area contributed by atoms with Crippen LogP contribution in [-0.2, 0) is 11.2 Å². The number of rotatable bonds is 2. The lowest BCUT2D eigenvalue weighted by molar-refractivity contribution is -0.00905. The van der Waals surface area contributed by atoms with Gasteiger partial charge in [0, 0.05) is 12.1 Å². The number of hydrogen-bond acceptors (Lipinski definition) is 5. The topological polar surface area (TPSA) is 64.3 Å². The summed E-state index contributed by atoms with van der Waals surface area (Å²) in [5.41, 5.74) is 7.08. The fraction of sp³-hybridized carbons (Fsp3) is 0.714. The zero-order valence-corrected chi connectivity index (χ0v) is 11.5. The summed E-state index contributed by atoms with van der Waals surface area (Å²) in [6, 6.07) is 0.460. The Balaban J connectivity index is 1.94. The molecule has 2 unspecified atom stereocenters. The van der Waals surface area contributed by atoms with Gasteiger partial charge in [0.15, 0.2) is 0 Å². The molecule has 1 aliphatic heterocycles. The molecule has 5 nitrogen and oxygen atoms in total. The predicted molar refractivity (Wildman–Crippen MR) is 75.2 cm³/mol. The van der Waals surface area contributed by atoms with Crippen LogP contribution < -0.4 is 10.6 Å². The van der Waals surface area contributed by atoms with Crippen molar-refractivity contribution in [3.63, 3.8) is 0 Å². The Bertz CT molecular complexity index is 449. The van der Waals surface area contributed by atoms with Gasteiger partial charge in [-0.15, -0.1) is 0 Å². The summed E-state index contributed by atoms with van der Waals surface area (Å²) in [5.74, 6) is 1.64. The first kappa shape index (κ1) is 12.7. The van der Waals surface area contributed by atoms with E-state index in [0.717, 1.165) is 31.0 Å². The Kier molecular flexibility index (Phi) is 3.55. The molecular weight excluding hydrogens is 240 g/mol. The van der Waals surface area contributed by atoms with E-state index in [1.54, 1.807) is 6.33 Å². The highest BCUT2D eigenvalue weighted by molar-refractivity contribution is 5.57. The molecule has 1 aromatic heterocycles. The van der Waals surface area contributed by atoms with E-state index in [2.05, 4.69) is 21.8 Å². The molecular formula is C14H22N4O. The highest BCUT2D eigenvalue weighted by Gasteiger charge is 2.35. The summed E-state index contributed by atoms with van der Waals surface area (Å²) in [4.78, 5) is 11.0. The van der Waals surface area contributed by atoms with Gasteiger partial charge in [0.05, 0.1) is 18.8 Å². The van der Waals surface area contributed by atoms with Crippen LogP contribution in [0.3, 0.4) is 0 Å². The number of anilines is 2. The molecule has 1 saturated heterocycles. The molecule has 0 bridgehead atoms. The molecule has 1 aromatic rings. The van der Waals surface area contributed by atoms with E-state index in [-0.39, 0.29) is 0 Å². The highest BCUT2D eigenvalue weighted by Crippen LogP contribution is 2.33. The minimum absolute atomic E-state index is 0.364. The van der Waals surface area contributed by atoms with Crippen LogP contribution >= 0.6 is 0 Å². The van der Waals surface area contributed by atoms with E-state index in [1.165, 1.54) is 25.7 Å². The third-order valence-corrected chi connectivity index (χ3v) is 4.31. The Morgan fingerprint density at radius 3 is 3.05 bits per heavy atom. The van der Waals surface area contributed by atoms with E-state index in [4.69, 9.17) is 10.5 Å². The van der Waals surface area contributed by atoms with Gasteiger partial charge in [-0.3, -0.25) is 0 Å². The van der Waals surface area contributed by atoms with Gasteiger partial charge in [-0.1, -0.05) is 19.8 Å². The van der Waals surface area contributed by atoms with Gasteiger partial charge in [-0.25, -0.2) is 9.97 Å². The molecule has 2 heterocycles. The van der Waals surface area contributed by atoms with E-state index in [0.29, 0.717) is 18.0 Å². The Hall–Kier alpha value is -1.36. The van der Waals surface area contributed by atoms with Crippen molar-refractivity contribution >= 4 is 11.6 Å². The standard InChI is InChI=1S/C14H22N4O/c1-2-10-13(15)16-9-17-14(10)18-7-8-19-12-6-4-3-5-11(12)18/h9,11-12H,2-8H2,1H3,(H2,15,16,17). The summed E-state index contributed by atoms with van der Waals surface area (Å²) in [6.45, 7) is 3.80. The van der Waals surface area contributed by atoms with Gasteiger partial charge in [0.2, 0.25) is 0 Å². The highest BCUT2D eigenvalue weighted by atomic mass is 16.5. The zero-order chi connectivity index (χ0) is 13.2. The van der Waals surface area contributed by atoms with Crippen LogP contribution in [-0.4, -0.2) is 35.3 Å². The van der Waals surface area contributed by atoms with E-state index >= 15 is 0 Å². The van der Waals surface area contributed by atoms with Crippen molar-refractivity contribution in [1.29, 1.82) is 0 Å². The minimum Gasteiger partial charge on any atom is -0.383 e. The summed E-state index contributed by atoms with van der Waals surface area (Å²) in [6.07, 6.45) is 7.74. The Morgan fingerprint density at radius 2 is 2.21 bits per heavy atom. The number of morpholine rings is 1. The van der Waals surface area contributed by atoms with Crippen molar-refractivity contribution in [2.24, 2.45) is 0 Å². The van der Waals surface area contributed by atoms with Crippen molar-refractivity contribution in [3.8, 4) is 0 Å². The van der Waals surface area contributed by atoms with Crippen LogP contribution in [0.5, 0.6) is 0 Å². The number of ether oxygens (including phenoxy) is 1. The summed E-state index contributed by atoms with van der Waals surface area (Å²) < 4.78 is 5.92. The van der Waals surface area contributed by atoms with E-state index in [9.17, 15) is 0 Å². The lowest BCUT2D eigenvalue weighted by Crippen LogP contribution is -2.53. The second-order valence-corrected chi connectivity index (χ2v) is 5.37. The number of nitrogen functional groups attached to an aromatic ring is 1. The van der Waals surface area contributed by atoms with Crippen molar-refractivity contribution in [2.75, 3.05) is 23.8 Å².